The van der Waals surface area contributed by atoms with Gasteiger partial charge in [0.15, 0.2) is 0 Å². The molecule has 2 aromatic carbocycles. The largest absolute Gasteiger partial charge is 0.416 e. The summed E-state index contributed by atoms with van der Waals surface area (Å²) in [4.78, 5) is 24.2. The lowest BCUT2D eigenvalue weighted by Crippen LogP contribution is -2.13. The fourth-order valence-electron chi connectivity index (χ4n) is 3.60. The van der Waals surface area contributed by atoms with Gasteiger partial charge >= 0.3 is 6.18 Å². The highest BCUT2D eigenvalue weighted by Crippen LogP contribution is 2.34. The summed E-state index contributed by atoms with van der Waals surface area (Å²) in [6.45, 7) is 1.89. The highest BCUT2D eigenvalue weighted by Gasteiger charge is 2.31. The second-order valence-electron chi connectivity index (χ2n) is 7.55. The number of amides is 1. The first-order valence-corrected chi connectivity index (χ1v) is 9.81. The Bertz CT molecular complexity index is 1530. The number of rotatable bonds is 3. The van der Waals surface area contributed by atoms with E-state index in [-0.39, 0.29) is 17.2 Å². The first kappa shape index (κ1) is 20.7. The van der Waals surface area contributed by atoms with Gasteiger partial charge in [-0.05, 0) is 60.0 Å². The smallest absolute Gasteiger partial charge is 0.324 e. The lowest BCUT2D eigenvalue weighted by atomic mass is 10.0. The Labute approximate surface area is 183 Å². The van der Waals surface area contributed by atoms with Crippen molar-refractivity contribution >= 4 is 28.5 Å². The molecule has 0 radical (unpaired) electrons. The summed E-state index contributed by atoms with van der Waals surface area (Å²) in [5, 5.41) is 2.64. The summed E-state index contributed by atoms with van der Waals surface area (Å²) < 4.78 is 54.7. The highest BCUT2D eigenvalue weighted by atomic mass is 19.4. The Morgan fingerprint density at radius 3 is 2.64 bits per heavy atom. The van der Waals surface area contributed by atoms with Crippen LogP contribution in [-0.2, 0) is 6.18 Å². The number of fused-ring (bicyclic) bond motifs is 2. The van der Waals surface area contributed by atoms with Crippen LogP contribution < -0.4 is 5.32 Å². The van der Waals surface area contributed by atoms with Crippen molar-refractivity contribution in [3.05, 3.63) is 83.6 Å². The molecule has 0 unspecified atom stereocenters. The van der Waals surface area contributed by atoms with E-state index in [0.29, 0.717) is 28.3 Å². The van der Waals surface area contributed by atoms with Gasteiger partial charge < -0.3 is 9.38 Å². The van der Waals surface area contributed by atoms with E-state index in [1.54, 1.807) is 28.9 Å². The topological polar surface area (TPSA) is 75.1 Å². The molecule has 2 N–H and O–H groups in total. The number of carbonyl (C=O) groups is 1. The minimum atomic E-state index is -4.67. The Morgan fingerprint density at radius 1 is 1.06 bits per heavy atom. The van der Waals surface area contributed by atoms with Gasteiger partial charge in [0.2, 0.25) is 5.95 Å². The fraction of sp³-hybridized carbons (Fsp3) is 0.0870. The predicted molar refractivity (Wildman–Crippen MR) is 114 cm³/mol. The molecule has 1 amide bonds. The van der Waals surface area contributed by atoms with Crippen LogP contribution in [0.4, 0.5) is 23.5 Å². The third-order valence-corrected chi connectivity index (χ3v) is 5.18. The van der Waals surface area contributed by atoms with E-state index in [0.717, 1.165) is 17.7 Å². The maximum absolute atomic E-state index is 13.8. The average Bonchev–Trinajstić information content (AvgIpc) is 3.36. The molecule has 5 rings (SSSR count). The second kappa shape index (κ2) is 7.44. The van der Waals surface area contributed by atoms with Gasteiger partial charge in [-0.1, -0.05) is 12.1 Å². The molecule has 6 nitrogen and oxygen atoms in total. The van der Waals surface area contributed by atoms with Gasteiger partial charge in [0, 0.05) is 12.4 Å². The Hall–Kier alpha value is -4.21. The molecule has 10 heteroatoms. The first-order valence-electron chi connectivity index (χ1n) is 9.81. The van der Waals surface area contributed by atoms with Crippen molar-refractivity contribution in [3.63, 3.8) is 0 Å². The van der Waals surface area contributed by atoms with E-state index in [9.17, 15) is 22.4 Å². The van der Waals surface area contributed by atoms with Gasteiger partial charge in [0.25, 0.3) is 5.91 Å². The number of pyridine rings is 1. The summed E-state index contributed by atoms with van der Waals surface area (Å²) in [7, 11) is 0. The zero-order valence-electron chi connectivity index (χ0n) is 17.0. The van der Waals surface area contributed by atoms with Gasteiger partial charge in [-0.2, -0.15) is 13.2 Å². The standard InChI is InChI=1S/C23H15F4N5O/c1-12-3-2-6-32-11-19(28-20(12)32)21(33)31-22-29-17-5-4-13(9-18(17)30-22)14-7-15(23(25,26)27)10-16(24)8-14/h2-11H,1H3,(H2,29,30,31,33). The highest BCUT2D eigenvalue weighted by molar-refractivity contribution is 6.03. The minimum Gasteiger partial charge on any atom is -0.324 e. The monoisotopic (exact) mass is 453 g/mol. The molecule has 3 aromatic heterocycles. The number of imidazole rings is 2. The summed E-state index contributed by atoms with van der Waals surface area (Å²) in [5.74, 6) is -1.31. The number of aryl methyl sites for hydroxylation is 1. The van der Waals surface area contributed by atoms with Crippen LogP contribution in [0, 0.1) is 12.7 Å². The summed E-state index contributed by atoms with van der Waals surface area (Å²) in [5.41, 5.74) is 2.06. The van der Waals surface area contributed by atoms with Gasteiger partial charge in [-0.15, -0.1) is 0 Å². The summed E-state index contributed by atoms with van der Waals surface area (Å²) in [6.07, 6.45) is -1.28. The van der Waals surface area contributed by atoms with E-state index in [2.05, 4.69) is 20.3 Å². The molecular formula is C23H15F4N5O. The van der Waals surface area contributed by atoms with Crippen molar-refractivity contribution in [1.82, 2.24) is 19.4 Å². The van der Waals surface area contributed by atoms with Crippen molar-refractivity contribution in [2.75, 3.05) is 5.32 Å². The molecule has 0 bridgehead atoms. The third-order valence-electron chi connectivity index (χ3n) is 5.18. The van der Waals surface area contributed by atoms with E-state index >= 15 is 0 Å². The molecule has 0 aliphatic heterocycles. The average molecular weight is 453 g/mol. The number of hydrogen-bond donors (Lipinski definition) is 2. The number of aromatic amines is 1. The molecule has 5 aromatic rings. The molecule has 33 heavy (non-hydrogen) atoms. The normalized spacial score (nSPS) is 11.9. The van der Waals surface area contributed by atoms with Gasteiger partial charge in [0.05, 0.1) is 16.6 Å². The Morgan fingerprint density at radius 2 is 1.88 bits per heavy atom. The Kier molecular flexibility index (Phi) is 4.66. The van der Waals surface area contributed by atoms with Crippen LogP contribution in [0.15, 0.2) is 60.9 Å². The zero-order valence-corrected chi connectivity index (χ0v) is 17.0. The number of anilines is 1. The molecule has 0 aliphatic carbocycles. The lowest BCUT2D eigenvalue weighted by Gasteiger charge is -2.09. The third kappa shape index (κ3) is 3.91. The summed E-state index contributed by atoms with van der Waals surface area (Å²) >= 11 is 0. The number of carbonyl (C=O) groups excluding carboxylic acids is 1. The molecule has 0 aliphatic rings. The summed E-state index contributed by atoms with van der Waals surface area (Å²) in [6, 6.07) is 10.7. The van der Waals surface area contributed by atoms with Crippen LogP contribution in [0.5, 0.6) is 0 Å². The van der Waals surface area contributed by atoms with Crippen LogP contribution in [-0.4, -0.2) is 25.3 Å². The van der Waals surface area contributed by atoms with Crippen molar-refractivity contribution in [1.29, 1.82) is 0 Å². The zero-order chi connectivity index (χ0) is 23.3. The molecule has 166 valence electrons. The van der Waals surface area contributed by atoms with Crippen LogP contribution in [0.25, 0.3) is 27.8 Å². The number of aromatic nitrogens is 4. The molecule has 0 atom stereocenters. The quantitative estimate of drug-likeness (QED) is 0.350. The first-order chi connectivity index (χ1) is 15.7. The molecule has 0 saturated heterocycles. The van der Waals surface area contributed by atoms with Crippen LogP contribution in [0.1, 0.15) is 21.6 Å². The SMILES string of the molecule is Cc1cccn2cc(C(=O)Nc3nc4cc(-c5cc(F)cc(C(F)(F)F)c5)ccc4[nH]3)nc12. The van der Waals surface area contributed by atoms with Gasteiger partial charge in [0.1, 0.15) is 17.2 Å². The second-order valence-corrected chi connectivity index (χ2v) is 7.55. The van der Waals surface area contributed by atoms with Crippen LogP contribution in [0.3, 0.4) is 0 Å². The number of alkyl halides is 3. The van der Waals surface area contributed by atoms with Crippen molar-refractivity contribution in [3.8, 4) is 11.1 Å². The number of H-pyrrole nitrogens is 1. The van der Waals surface area contributed by atoms with Gasteiger partial charge in [-0.3, -0.25) is 10.1 Å². The van der Waals surface area contributed by atoms with E-state index in [1.165, 1.54) is 6.07 Å². The molecule has 3 heterocycles. The van der Waals surface area contributed by atoms with Crippen LogP contribution >= 0.6 is 0 Å². The van der Waals surface area contributed by atoms with Crippen LogP contribution in [0.2, 0.25) is 0 Å². The van der Waals surface area contributed by atoms with E-state index in [4.69, 9.17) is 0 Å². The lowest BCUT2D eigenvalue weighted by molar-refractivity contribution is -0.137. The molecular weight excluding hydrogens is 438 g/mol. The van der Waals surface area contributed by atoms with Crippen molar-refractivity contribution in [2.24, 2.45) is 0 Å². The van der Waals surface area contributed by atoms with Crippen molar-refractivity contribution < 1.29 is 22.4 Å². The number of halogens is 4. The number of nitrogens with zero attached hydrogens (tertiary/aromatic N) is 3. The van der Waals surface area contributed by atoms with E-state index in [1.807, 2.05) is 19.1 Å². The van der Waals surface area contributed by atoms with Crippen molar-refractivity contribution in [2.45, 2.75) is 13.1 Å². The number of hydrogen-bond acceptors (Lipinski definition) is 3. The fourth-order valence-corrected chi connectivity index (χ4v) is 3.60. The molecule has 0 fully saturated rings. The predicted octanol–water partition coefficient (Wildman–Crippen LogP) is 5.60. The Balaban J connectivity index is 1.44. The number of benzene rings is 2. The van der Waals surface area contributed by atoms with Gasteiger partial charge in [-0.25, -0.2) is 14.4 Å². The molecule has 0 saturated carbocycles. The molecule has 0 spiro atoms. The number of nitrogens with one attached hydrogen (secondary N) is 2. The maximum atomic E-state index is 13.8. The maximum Gasteiger partial charge on any atom is 0.416 e. The van der Waals surface area contributed by atoms with E-state index < -0.39 is 23.5 Å². The minimum absolute atomic E-state index is 0.0675.